The number of carbonyl (C=O) groups excluding carboxylic acids is 1. The van der Waals surface area contributed by atoms with Crippen LogP contribution in [-0.4, -0.2) is 45.1 Å². The quantitative estimate of drug-likeness (QED) is 0.513. The van der Waals surface area contributed by atoms with Crippen LogP contribution in [0.2, 0.25) is 0 Å². The topological polar surface area (TPSA) is 84.2 Å². The van der Waals surface area contributed by atoms with Gasteiger partial charge in [-0.3, -0.25) is 4.79 Å². The minimum Gasteiger partial charge on any atom is -0.489 e. The Hall–Kier alpha value is -3.61. The Morgan fingerprint density at radius 2 is 2.03 bits per heavy atom. The van der Waals surface area contributed by atoms with Crippen LogP contribution in [0.3, 0.4) is 0 Å². The number of rotatable bonds is 5. The van der Waals surface area contributed by atoms with Crippen LogP contribution in [0, 0.1) is 0 Å². The lowest BCUT2D eigenvalue weighted by Crippen LogP contribution is -2.31. The molecule has 1 amide bonds. The minimum absolute atomic E-state index is 0.0297. The second kappa shape index (κ2) is 7.91. The largest absolute Gasteiger partial charge is 0.489 e. The maximum Gasteiger partial charge on any atom is 0.254 e. The van der Waals surface area contributed by atoms with Crippen molar-refractivity contribution in [1.29, 1.82) is 0 Å². The summed E-state index contributed by atoms with van der Waals surface area (Å²) >= 11 is 0. The number of likely N-dealkylation sites (tertiary alicyclic amines) is 1. The Balaban J connectivity index is 1.23. The lowest BCUT2D eigenvalue weighted by Gasteiger charge is -2.18. The highest BCUT2D eigenvalue weighted by Crippen LogP contribution is 2.26. The predicted octanol–water partition coefficient (Wildman–Crippen LogP) is 4.63. The Morgan fingerprint density at radius 1 is 1.19 bits per heavy atom. The molecule has 2 aromatic carbocycles. The predicted molar refractivity (Wildman–Crippen MR) is 117 cm³/mol. The molecular formula is C24H24N4O3. The number of aromatic amines is 1. The van der Waals surface area contributed by atoms with Gasteiger partial charge in [0.2, 0.25) is 11.7 Å². The molecule has 0 spiro atoms. The lowest BCUT2D eigenvalue weighted by molar-refractivity contribution is 0.0774. The highest BCUT2D eigenvalue weighted by Gasteiger charge is 2.29. The number of amides is 1. The molecule has 1 atom stereocenters. The number of benzene rings is 2. The van der Waals surface area contributed by atoms with Crippen molar-refractivity contribution in [2.24, 2.45) is 0 Å². The van der Waals surface area contributed by atoms with Crippen LogP contribution in [-0.2, 0) is 0 Å². The normalized spacial score (nSPS) is 16.4. The van der Waals surface area contributed by atoms with E-state index in [4.69, 9.17) is 9.26 Å². The summed E-state index contributed by atoms with van der Waals surface area (Å²) < 4.78 is 11.4. The van der Waals surface area contributed by atoms with Gasteiger partial charge in [-0.2, -0.15) is 4.98 Å². The second-order valence-corrected chi connectivity index (χ2v) is 8.16. The van der Waals surface area contributed by atoms with Gasteiger partial charge in [-0.15, -0.1) is 0 Å². The number of nitrogens with one attached hydrogen (secondary N) is 1. The molecule has 0 radical (unpaired) electrons. The number of nitrogens with zero attached hydrogens (tertiary/aromatic N) is 3. The number of carbonyl (C=O) groups is 1. The highest BCUT2D eigenvalue weighted by molar-refractivity contribution is 6.06. The highest BCUT2D eigenvalue weighted by atomic mass is 16.5. The third kappa shape index (κ3) is 3.79. The summed E-state index contributed by atoms with van der Waals surface area (Å²) in [6.07, 6.45) is 2.64. The molecule has 7 heteroatoms. The van der Waals surface area contributed by atoms with E-state index in [1.807, 2.05) is 73.5 Å². The van der Waals surface area contributed by atoms with Crippen molar-refractivity contribution in [3.05, 3.63) is 66.2 Å². The molecule has 7 nitrogen and oxygen atoms in total. The van der Waals surface area contributed by atoms with Gasteiger partial charge in [0.25, 0.3) is 5.91 Å². The van der Waals surface area contributed by atoms with Crippen LogP contribution in [0.5, 0.6) is 5.75 Å². The van der Waals surface area contributed by atoms with Crippen LogP contribution >= 0.6 is 0 Å². The maximum absolute atomic E-state index is 13.0. The van der Waals surface area contributed by atoms with E-state index in [1.165, 1.54) is 0 Å². The number of hydrogen-bond donors (Lipinski definition) is 1. The molecule has 2 aromatic heterocycles. The summed E-state index contributed by atoms with van der Waals surface area (Å²) in [5.74, 6) is 2.21. The fraction of sp³-hybridized carbons (Fsp3) is 0.292. The molecule has 1 unspecified atom stereocenters. The van der Waals surface area contributed by atoms with Crippen molar-refractivity contribution >= 4 is 16.8 Å². The monoisotopic (exact) mass is 416 g/mol. The van der Waals surface area contributed by atoms with Gasteiger partial charge >= 0.3 is 0 Å². The number of ether oxygens (including phenoxy) is 1. The zero-order valence-corrected chi connectivity index (χ0v) is 17.5. The summed E-state index contributed by atoms with van der Waals surface area (Å²) in [4.78, 5) is 22.5. The van der Waals surface area contributed by atoms with Gasteiger partial charge < -0.3 is 19.1 Å². The molecule has 1 fully saturated rings. The first-order chi connectivity index (χ1) is 15.1. The van der Waals surface area contributed by atoms with Crippen LogP contribution in [0.15, 0.2) is 59.3 Å². The summed E-state index contributed by atoms with van der Waals surface area (Å²) in [6, 6.07) is 15.4. The van der Waals surface area contributed by atoms with E-state index in [0.29, 0.717) is 24.8 Å². The average Bonchev–Trinajstić information content (AvgIpc) is 3.53. The average molecular weight is 416 g/mol. The molecule has 31 heavy (non-hydrogen) atoms. The van der Waals surface area contributed by atoms with E-state index < -0.39 is 0 Å². The Morgan fingerprint density at radius 3 is 2.81 bits per heavy atom. The number of hydrogen-bond acceptors (Lipinski definition) is 5. The fourth-order valence-corrected chi connectivity index (χ4v) is 3.91. The van der Waals surface area contributed by atoms with Gasteiger partial charge in [0.15, 0.2) is 0 Å². The Labute approximate surface area is 180 Å². The molecule has 0 aliphatic carbocycles. The summed E-state index contributed by atoms with van der Waals surface area (Å²) in [7, 11) is 0. The zero-order chi connectivity index (χ0) is 21.4. The first-order valence-corrected chi connectivity index (χ1v) is 10.5. The van der Waals surface area contributed by atoms with Gasteiger partial charge in [-0.25, -0.2) is 0 Å². The van der Waals surface area contributed by atoms with Gasteiger partial charge in [0.05, 0.1) is 6.54 Å². The molecule has 5 rings (SSSR count). The molecule has 0 bridgehead atoms. The second-order valence-electron chi connectivity index (χ2n) is 8.16. The van der Waals surface area contributed by atoms with Gasteiger partial charge in [-0.1, -0.05) is 25.1 Å². The van der Waals surface area contributed by atoms with Crippen molar-refractivity contribution < 1.29 is 14.1 Å². The molecule has 3 heterocycles. The SMILES string of the molecule is CC(C)c1nc(-c2ccc(OC3CCN(C(=O)c4cccc5[nH]ccc45)C3)cc2)no1. The molecule has 4 aromatic rings. The van der Waals surface area contributed by atoms with Crippen molar-refractivity contribution in [1.82, 2.24) is 20.0 Å². The van der Waals surface area contributed by atoms with E-state index in [1.54, 1.807) is 0 Å². The van der Waals surface area contributed by atoms with E-state index >= 15 is 0 Å². The van der Waals surface area contributed by atoms with Gasteiger partial charge in [0, 0.05) is 47.1 Å². The van der Waals surface area contributed by atoms with Crippen LogP contribution in [0.25, 0.3) is 22.3 Å². The fourth-order valence-electron chi connectivity index (χ4n) is 3.91. The molecule has 0 saturated carbocycles. The summed E-state index contributed by atoms with van der Waals surface area (Å²) in [5, 5.41) is 5.00. The first-order valence-electron chi connectivity index (χ1n) is 10.5. The number of aromatic nitrogens is 3. The van der Waals surface area contributed by atoms with E-state index in [9.17, 15) is 4.79 Å². The smallest absolute Gasteiger partial charge is 0.254 e. The first kappa shape index (κ1) is 19.4. The van der Waals surface area contributed by atoms with Crippen molar-refractivity contribution in [3.8, 4) is 17.1 Å². The lowest BCUT2D eigenvalue weighted by atomic mass is 10.1. The molecule has 158 valence electrons. The van der Waals surface area contributed by atoms with E-state index in [-0.39, 0.29) is 17.9 Å². The molecule has 1 aliphatic rings. The van der Waals surface area contributed by atoms with Gasteiger partial charge in [0.1, 0.15) is 11.9 Å². The standard InChI is InChI=1S/C24H24N4O3/c1-15(2)23-26-22(27-31-23)16-6-8-17(9-7-16)30-18-11-13-28(14-18)24(29)20-4-3-5-21-19(20)10-12-25-21/h3-10,12,15,18,25H,11,13-14H2,1-2H3. The molecular weight excluding hydrogens is 392 g/mol. The van der Waals surface area contributed by atoms with Gasteiger partial charge in [-0.05, 0) is 42.5 Å². The number of H-pyrrole nitrogens is 1. The molecule has 1 N–H and O–H groups in total. The van der Waals surface area contributed by atoms with Crippen LogP contribution < -0.4 is 4.74 Å². The van der Waals surface area contributed by atoms with Crippen LogP contribution in [0.4, 0.5) is 0 Å². The molecule has 1 saturated heterocycles. The number of fused-ring (bicyclic) bond motifs is 1. The van der Waals surface area contributed by atoms with E-state index in [2.05, 4.69) is 15.1 Å². The zero-order valence-electron chi connectivity index (χ0n) is 17.5. The Bertz CT molecular complexity index is 1210. The van der Waals surface area contributed by atoms with E-state index in [0.717, 1.165) is 34.2 Å². The van der Waals surface area contributed by atoms with Crippen molar-refractivity contribution in [3.63, 3.8) is 0 Å². The summed E-state index contributed by atoms with van der Waals surface area (Å²) in [5.41, 5.74) is 2.58. The van der Waals surface area contributed by atoms with Crippen molar-refractivity contribution in [2.45, 2.75) is 32.3 Å². The van der Waals surface area contributed by atoms with Crippen LogP contribution in [0.1, 0.15) is 42.4 Å². The maximum atomic E-state index is 13.0. The summed E-state index contributed by atoms with van der Waals surface area (Å²) in [6.45, 7) is 5.29. The molecule has 1 aliphatic heterocycles. The Kier molecular flexibility index (Phi) is 4.94. The third-order valence-electron chi connectivity index (χ3n) is 5.61. The van der Waals surface area contributed by atoms with Crippen molar-refractivity contribution in [2.75, 3.05) is 13.1 Å². The third-order valence-corrected chi connectivity index (χ3v) is 5.61. The minimum atomic E-state index is -0.0297.